The lowest BCUT2D eigenvalue weighted by Crippen LogP contribution is -2.25. The highest BCUT2D eigenvalue weighted by Crippen LogP contribution is 2.32. The third-order valence-electron chi connectivity index (χ3n) is 3.62. The number of aromatic nitrogens is 1. The lowest BCUT2D eigenvalue weighted by atomic mass is 10.1. The fourth-order valence-electron chi connectivity index (χ4n) is 2.39. The Morgan fingerprint density at radius 2 is 2.23 bits per heavy atom. The van der Waals surface area contributed by atoms with E-state index in [0.29, 0.717) is 15.7 Å². The van der Waals surface area contributed by atoms with E-state index in [-0.39, 0.29) is 23.6 Å². The number of hydrogen-bond donors (Lipinski definition) is 2. The topological polar surface area (TPSA) is 160 Å². The summed E-state index contributed by atoms with van der Waals surface area (Å²) in [5.41, 5.74) is 2.99. The van der Waals surface area contributed by atoms with Gasteiger partial charge in [-0.1, -0.05) is 15.9 Å². The molecule has 0 fully saturated rings. The summed E-state index contributed by atoms with van der Waals surface area (Å²) in [7, 11) is 1.49. The van der Waals surface area contributed by atoms with E-state index < -0.39 is 28.9 Å². The smallest absolute Gasteiger partial charge is 0.312 e. The Morgan fingerprint density at radius 3 is 2.87 bits per heavy atom. The highest BCUT2D eigenvalue weighted by atomic mass is 79.9. The molecule has 156 valence electrons. The third kappa shape index (κ3) is 5.72. The van der Waals surface area contributed by atoms with Crippen molar-refractivity contribution in [3.8, 4) is 17.7 Å². The van der Waals surface area contributed by atoms with Gasteiger partial charge in [0.1, 0.15) is 11.6 Å². The number of rotatable bonds is 8. The van der Waals surface area contributed by atoms with Crippen molar-refractivity contribution in [2.24, 2.45) is 5.10 Å². The number of methoxy groups -OCH3 is 1. The molecule has 1 aromatic carbocycles. The second-order valence-electron chi connectivity index (χ2n) is 5.85. The standard InChI is InChI=1S/C18H16BrN5O6/c1-10-3-12(8-29-2)14(6-20)18(22-10)30-9-16(25)23-21-7-11-4-13(19)5-15(17(11)26)24(27)28/h3-5,7,26H,8-9H2,1-2H3,(H,23,25)/b21-7-. The first-order chi connectivity index (χ1) is 14.3. The van der Waals surface area contributed by atoms with Gasteiger partial charge in [-0.3, -0.25) is 14.9 Å². The number of ether oxygens (including phenoxy) is 2. The highest BCUT2D eigenvalue weighted by Gasteiger charge is 2.18. The summed E-state index contributed by atoms with van der Waals surface area (Å²) < 4.78 is 10.7. The molecule has 1 aromatic heterocycles. The van der Waals surface area contributed by atoms with Crippen LogP contribution < -0.4 is 10.2 Å². The molecule has 12 heteroatoms. The minimum Gasteiger partial charge on any atom is -0.502 e. The molecule has 0 aliphatic heterocycles. The molecule has 1 heterocycles. The van der Waals surface area contributed by atoms with Crippen molar-refractivity contribution in [1.82, 2.24) is 10.4 Å². The molecular formula is C18H16BrN5O6. The fraction of sp³-hybridized carbons (Fsp3) is 0.222. The van der Waals surface area contributed by atoms with Crippen molar-refractivity contribution in [2.45, 2.75) is 13.5 Å². The lowest BCUT2D eigenvalue weighted by molar-refractivity contribution is -0.385. The number of nitrogens with zero attached hydrogens (tertiary/aromatic N) is 4. The average molecular weight is 478 g/mol. The second kappa shape index (κ2) is 10.3. The Labute approximate surface area is 179 Å². The summed E-state index contributed by atoms with van der Waals surface area (Å²) in [6.45, 7) is 1.40. The Bertz CT molecular complexity index is 1050. The van der Waals surface area contributed by atoms with E-state index in [1.165, 1.54) is 13.2 Å². The number of amides is 1. The lowest BCUT2D eigenvalue weighted by Gasteiger charge is -2.10. The third-order valence-corrected chi connectivity index (χ3v) is 4.08. The van der Waals surface area contributed by atoms with Gasteiger partial charge in [0, 0.05) is 34.5 Å². The van der Waals surface area contributed by atoms with E-state index in [2.05, 4.69) is 31.4 Å². The van der Waals surface area contributed by atoms with E-state index >= 15 is 0 Å². The van der Waals surface area contributed by atoms with E-state index in [9.17, 15) is 25.3 Å². The number of aryl methyl sites for hydroxylation is 1. The number of hydrazone groups is 1. The van der Waals surface area contributed by atoms with Crippen LogP contribution in [0.5, 0.6) is 11.6 Å². The molecule has 2 N–H and O–H groups in total. The molecule has 0 aliphatic rings. The van der Waals surface area contributed by atoms with Gasteiger partial charge < -0.3 is 14.6 Å². The number of pyridine rings is 1. The van der Waals surface area contributed by atoms with Crippen molar-refractivity contribution >= 4 is 33.7 Å². The van der Waals surface area contributed by atoms with Crippen LogP contribution in [0.3, 0.4) is 0 Å². The number of carbonyl (C=O) groups is 1. The number of nitrogens with one attached hydrogen (secondary N) is 1. The minimum absolute atomic E-state index is 0.0102. The van der Waals surface area contributed by atoms with Crippen LogP contribution in [0, 0.1) is 28.4 Å². The highest BCUT2D eigenvalue weighted by molar-refractivity contribution is 9.10. The van der Waals surface area contributed by atoms with Crippen LogP contribution in [-0.2, 0) is 16.1 Å². The van der Waals surface area contributed by atoms with Crippen molar-refractivity contribution in [3.63, 3.8) is 0 Å². The maximum absolute atomic E-state index is 12.0. The molecule has 11 nitrogen and oxygen atoms in total. The summed E-state index contributed by atoms with van der Waals surface area (Å²) in [6, 6.07) is 6.19. The largest absolute Gasteiger partial charge is 0.502 e. The van der Waals surface area contributed by atoms with Gasteiger partial charge in [0.25, 0.3) is 5.91 Å². The van der Waals surface area contributed by atoms with Gasteiger partial charge in [0.05, 0.1) is 17.7 Å². The number of nitro groups is 1. The van der Waals surface area contributed by atoms with Gasteiger partial charge in [-0.25, -0.2) is 10.4 Å². The van der Waals surface area contributed by atoms with E-state index in [0.717, 1.165) is 12.3 Å². The van der Waals surface area contributed by atoms with Gasteiger partial charge in [0.15, 0.2) is 6.61 Å². The predicted octanol–water partition coefficient (Wildman–Crippen LogP) is 2.31. The Morgan fingerprint density at radius 1 is 1.50 bits per heavy atom. The number of benzene rings is 1. The van der Waals surface area contributed by atoms with Crippen LogP contribution in [0.15, 0.2) is 27.8 Å². The molecule has 0 radical (unpaired) electrons. The Balaban J connectivity index is 2.07. The van der Waals surface area contributed by atoms with E-state index in [1.54, 1.807) is 13.0 Å². The van der Waals surface area contributed by atoms with Crippen LogP contribution in [-0.4, -0.2) is 40.9 Å². The molecule has 2 rings (SSSR count). The SMILES string of the molecule is COCc1cc(C)nc(OCC(=O)N/N=C\c2cc(Br)cc([N+](=O)[O-])c2O)c1C#N. The van der Waals surface area contributed by atoms with E-state index in [1.807, 2.05) is 6.07 Å². The van der Waals surface area contributed by atoms with Crippen LogP contribution in [0.2, 0.25) is 0 Å². The molecule has 0 unspecified atom stereocenters. The monoisotopic (exact) mass is 477 g/mol. The number of phenols is 1. The van der Waals surface area contributed by atoms with Gasteiger partial charge >= 0.3 is 5.69 Å². The summed E-state index contributed by atoms with van der Waals surface area (Å²) in [6.07, 6.45) is 1.05. The fourth-order valence-corrected chi connectivity index (χ4v) is 2.85. The molecule has 0 saturated carbocycles. The molecule has 0 atom stereocenters. The van der Waals surface area contributed by atoms with Gasteiger partial charge in [-0.15, -0.1) is 0 Å². The number of phenolic OH excluding ortho intramolecular Hbond substituents is 1. The predicted molar refractivity (Wildman–Crippen MR) is 108 cm³/mol. The second-order valence-corrected chi connectivity index (χ2v) is 6.77. The zero-order chi connectivity index (χ0) is 22.3. The first kappa shape index (κ1) is 22.7. The van der Waals surface area contributed by atoms with Gasteiger partial charge in [-0.2, -0.15) is 10.4 Å². The molecule has 0 saturated heterocycles. The number of halogens is 1. The number of nitro benzene ring substituents is 1. The molecule has 1 amide bonds. The van der Waals surface area contributed by atoms with Crippen molar-refractivity contribution in [3.05, 3.63) is 55.2 Å². The number of carbonyl (C=O) groups excluding carboxylic acids is 1. The van der Waals surface area contributed by atoms with Crippen molar-refractivity contribution in [1.29, 1.82) is 5.26 Å². The summed E-state index contributed by atoms with van der Waals surface area (Å²) in [5, 5.41) is 33.8. The van der Waals surface area contributed by atoms with Crippen LogP contribution in [0.4, 0.5) is 5.69 Å². The molecule has 0 aliphatic carbocycles. The summed E-state index contributed by atoms with van der Waals surface area (Å²) in [5.74, 6) is -1.27. The Hall–Kier alpha value is -3.56. The first-order valence-corrected chi connectivity index (χ1v) is 9.07. The minimum atomic E-state index is -0.747. The first-order valence-electron chi connectivity index (χ1n) is 8.28. The van der Waals surface area contributed by atoms with E-state index in [4.69, 9.17) is 9.47 Å². The molecule has 30 heavy (non-hydrogen) atoms. The van der Waals surface area contributed by atoms with Crippen LogP contribution >= 0.6 is 15.9 Å². The zero-order valence-corrected chi connectivity index (χ0v) is 17.5. The van der Waals surface area contributed by atoms with Crippen LogP contribution in [0.1, 0.15) is 22.4 Å². The summed E-state index contributed by atoms with van der Waals surface area (Å²) in [4.78, 5) is 26.3. The number of hydrogen-bond acceptors (Lipinski definition) is 9. The average Bonchev–Trinajstić information content (AvgIpc) is 2.68. The maximum Gasteiger partial charge on any atom is 0.312 e. The molecular weight excluding hydrogens is 462 g/mol. The van der Waals surface area contributed by atoms with Gasteiger partial charge in [0.2, 0.25) is 11.6 Å². The van der Waals surface area contributed by atoms with Crippen molar-refractivity contribution in [2.75, 3.05) is 13.7 Å². The van der Waals surface area contributed by atoms with Gasteiger partial charge in [-0.05, 0) is 19.1 Å². The molecule has 0 bridgehead atoms. The quantitative estimate of drug-likeness (QED) is 0.332. The summed E-state index contributed by atoms with van der Waals surface area (Å²) >= 11 is 3.10. The molecule has 0 spiro atoms. The Kier molecular flexibility index (Phi) is 7.79. The molecule has 2 aromatic rings. The number of nitriles is 1. The maximum atomic E-state index is 12.0. The zero-order valence-electron chi connectivity index (χ0n) is 15.9. The van der Waals surface area contributed by atoms with Crippen LogP contribution in [0.25, 0.3) is 0 Å². The van der Waals surface area contributed by atoms with Crippen molar-refractivity contribution < 1.29 is 24.3 Å². The number of aromatic hydroxyl groups is 1. The normalized spacial score (nSPS) is 10.6.